The van der Waals surface area contributed by atoms with Crippen molar-refractivity contribution in [3.05, 3.63) is 67.8 Å². The first-order valence-electron chi connectivity index (χ1n) is 9.19. The Morgan fingerprint density at radius 1 is 0.700 bits per heavy atom. The second-order valence-corrected chi connectivity index (χ2v) is 8.58. The first kappa shape index (κ1) is 23.6. The van der Waals surface area contributed by atoms with Gasteiger partial charge in [0.05, 0.1) is 9.85 Å². The summed E-state index contributed by atoms with van der Waals surface area (Å²) in [4.78, 5) is 44.2. The quantitative estimate of drug-likeness (QED) is 0.128. The molecule has 0 spiro atoms. The molecule has 0 N–H and O–H groups in total. The number of aldehydes is 2. The molecule has 0 heterocycles. The smallest absolute Gasteiger partial charge is 0.270 e. The second kappa shape index (κ2) is 12.1. The van der Waals surface area contributed by atoms with Crippen LogP contribution in [-0.4, -0.2) is 33.9 Å². The third-order valence-corrected chi connectivity index (χ3v) is 6.57. The number of thioether (sulfide) groups is 2. The maximum atomic E-state index is 11.1. The first-order chi connectivity index (χ1) is 14.5. The second-order valence-electron chi connectivity index (χ2n) is 6.31. The van der Waals surface area contributed by atoms with Crippen LogP contribution in [0.2, 0.25) is 0 Å². The Morgan fingerprint density at radius 2 is 1.10 bits per heavy atom. The van der Waals surface area contributed by atoms with Gasteiger partial charge in [0.25, 0.3) is 11.4 Å². The minimum Gasteiger partial charge on any atom is -0.298 e. The number of hydrogen-bond donors (Lipinski definition) is 0. The largest absolute Gasteiger partial charge is 0.298 e. The standard InChI is InChI=1S/C20H20N2O6S2/c23-13-15-11-17(21(25)26)5-7-19(15)29-9-3-1-2-4-10-30-20-8-6-18(22(27)28)12-16(20)14-24/h5-8,11-14H,1-4,9-10H2. The van der Waals surface area contributed by atoms with E-state index in [0.717, 1.165) is 47.0 Å². The summed E-state index contributed by atoms with van der Waals surface area (Å²) in [6.07, 6.45) is 5.16. The molecule has 2 rings (SSSR count). The molecule has 0 radical (unpaired) electrons. The van der Waals surface area contributed by atoms with E-state index in [1.807, 2.05) is 0 Å². The molecule has 0 amide bonds. The summed E-state index contributed by atoms with van der Waals surface area (Å²) in [5.74, 6) is 1.62. The summed E-state index contributed by atoms with van der Waals surface area (Å²) in [6.45, 7) is 0. The molecule has 0 aliphatic heterocycles. The summed E-state index contributed by atoms with van der Waals surface area (Å²) in [5.41, 5.74) is 0.480. The van der Waals surface area contributed by atoms with Crippen molar-refractivity contribution >= 4 is 47.5 Å². The van der Waals surface area contributed by atoms with E-state index < -0.39 is 9.85 Å². The molecule has 8 nitrogen and oxygen atoms in total. The van der Waals surface area contributed by atoms with Gasteiger partial charge in [0.15, 0.2) is 12.6 Å². The topological polar surface area (TPSA) is 120 Å². The molecule has 0 fully saturated rings. The van der Waals surface area contributed by atoms with Gasteiger partial charge in [-0.2, -0.15) is 0 Å². The number of unbranched alkanes of at least 4 members (excludes halogenated alkanes) is 3. The zero-order chi connectivity index (χ0) is 21.9. The van der Waals surface area contributed by atoms with Crippen LogP contribution in [0.1, 0.15) is 46.4 Å². The normalized spacial score (nSPS) is 10.5. The number of rotatable bonds is 13. The van der Waals surface area contributed by atoms with Crippen LogP contribution in [0.25, 0.3) is 0 Å². The van der Waals surface area contributed by atoms with Gasteiger partial charge >= 0.3 is 0 Å². The van der Waals surface area contributed by atoms with Crippen molar-refractivity contribution in [2.45, 2.75) is 35.5 Å². The van der Waals surface area contributed by atoms with Crippen molar-refractivity contribution < 1.29 is 19.4 Å². The van der Waals surface area contributed by atoms with Crippen molar-refractivity contribution in [2.75, 3.05) is 11.5 Å². The van der Waals surface area contributed by atoms with Gasteiger partial charge in [0.2, 0.25) is 0 Å². The highest BCUT2D eigenvalue weighted by Crippen LogP contribution is 2.28. The van der Waals surface area contributed by atoms with Crippen LogP contribution in [0.3, 0.4) is 0 Å². The van der Waals surface area contributed by atoms with Gasteiger partial charge in [-0.25, -0.2) is 0 Å². The predicted molar refractivity (Wildman–Crippen MR) is 117 cm³/mol. The lowest BCUT2D eigenvalue weighted by molar-refractivity contribution is -0.385. The SMILES string of the molecule is O=Cc1cc([N+](=O)[O-])ccc1SCCCCCCSc1ccc([N+](=O)[O-])cc1C=O. The fraction of sp³-hybridized carbons (Fsp3) is 0.300. The van der Waals surface area contributed by atoms with Crippen molar-refractivity contribution in [2.24, 2.45) is 0 Å². The minimum absolute atomic E-state index is 0.0929. The van der Waals surface area contributed by atoms with Crippen LogP contribution >= 0.6 is 23.5 Å². The predicted octanol–water partition coefficient (Wildman–Crippen LogP) is 5.57. The average Bonchev–Trinajstić information content (AvgIpc) is 2.75. The van der Waals surface area contributed by atoms with Gasteiger partial charge in [-0.15, -0.1) is 23.5 Å². The Bertz CT molecular complexity index is 860. The number of nitro groups is 2. The molecule has 0 bridgehead atoms. The van der Waals surface area contributed by atoms with E-state index in [-0.39, 0.29) is 11.4 Å². The van der Waals surface area contributed by atoms with Crippen LogP contribution in [0.5, 0.6) is 0 Å². The molecule has 0 saturated carbocycles. The molecule has 0 unspecified atom stereocenters. The van der Waals surface area contributed by atoms with Gasteiger partial charge in [-0.05, 0) is 36.5 Å². The van der Waals surface area contributed by atoms with Crippen LogP contribution in [0.15, 0.2) is 46.2 Å². The van der Waals surface area contributed by atoms with Crippen LogP contribution < -0.4 is 0 Å². The molecule has 2 aromatic carbocycles. The molecule has 0 saturated heterocycles. The lowest BCUT2D eigenvalue weighted by Crippen LogP contribution is -1.93. The maximum Gasteiger partial charge on any atom is 0.270 e. The Labute approximate surface area is 181 Å². The summed E-state index contributed by atoms with van der Waals surface area (Å²) >= 11 is 3.02. The Balaban J connectivity index is 1.68. The fourth-order valence-electron chi connectivity index (χ4n) is 2.67. The molecular weight excluding hydrogens is 428 g/mol. The van der Waals surface area contributed by atoms with E-state index in [0.29, 0.717) is 23.7 Å². The monoisotopic (exact) mass is 448 g/mol. The molecule has 0 aliphatic carbocycles. The van der Waals surface area contributed by atoms with Gasteiger partial charge in [-0.1, -0.05) is 12.8 Å². The number of carbonyl (C=O) groups is 2. The van der Waals surface area contributed by atoms with E-state index in [4.69, 9.17) is 0 Å². The molecule has 158 valence electrons. The number of nitro benzene ring substituents is 2. The highest BCUT2D eigenvalue weighted by atomic mass is 32.2. The molecule has 30 heavy (non-hydrogen) atoms. The first-order valence-corrected chi connectivity index (χ1v) is 11.2. The van der Waals surface area contributed by atoms with Gasteiger partial charge in [0, 0.05) is 45.2 Å². The third kappa shape index (κ3) is 6.96. The van der Waals surface area contributed by atoms with Crippen LogP contribution in [-0.2, 0) is 0 Å². The highest BCUT2D eigenvalue weighted by molar-refractivity contribution is 7.99. The summed E-state index contributed by atoms with van der Waals surface area (Å²) in [6, 6.07) is 8.60. The average molecular weight is 449 g/mol. The number of benzene rings is 2. The molecular formula is C20H20N2O6S2. The van der Waals surface area contributed by atoms with E-state index in [2.05, 4.69) is 0 Å². The van der Waals surface area contributed by atoms with Crippen molar-refractivity contribution in [1.82, 2.24) is 0 Å². The Morgan fingerprint density at radius 3 is 1.43 bits per heavy atom. The molecule has 0 aromatic heterocycles. The summed E-state index contributed by atoms with van der Waals surface area (Å²) in [5, 5.41) is 21.5. The zero-order valence-electron chi connectivity index (χ0n) is 16.0. The van der Waals surface area contributed by atoms with Crippen LogP contribution in [0.4, 0.5) is 11.4 Å². The Kier molecular flexibility index (Phi) is 9.49. The maximum absolute atomic E-state index is 11.1. The lowest BCUT2D eigenvalue weighted by atomic mass is 10.2. The van der Waals surface area contributed by atoms with E-state index in [1.54, 1.807) is 12.1 Å². The fourth-order valence-corrected chi connectivity index (χ4v) is 4.68. The molecule has 0 atom stereocenters. The van der Waals surface area contributed by atoms with Crippen LogP contribution in [0, 0.1) is 20.2 Å². The lowest BCUT2D eigenvalue weighted by Gasteiger charge is -2.06. The molecule has 10 heteroatoms. The number of non-ortho nitro benzene ring substituents is 2. The number of hydrogen-bond acceptors (Lipinski definition) is 8. The van der Waals surface area contributed by atoms with Gasteiger partial charge < -0.3 is 0 Å². The third-order valence-electron chi connectivity index (χ3n) is 4.22. The molecule has 2 aromatic rings. The molecule has 0 aliphatic rings. The van der Waals surface area contributed by atoms with Gasteiger partial charge in [0.1, 0.15) is 0 Å². The van der Waals surface area contributed by atoms with E-state index in [9.17, 15) is 29.8 Å². The summed E-state index contributed by atoms with van der Waals surface area (Å²) in [7, 11) is 0. The zero-order valence-corrected chi connectivity index (χ0v) is 17.7. The van der Waals surface area contributed by atoms with Gasteiger partial charge in [-0.3, -0.25) is 29.8 Å². The van der Waals surface area contributed by atoms with E-state index >= 15 is 0 Å². The van der Waals surface area contributed by atoms with E-state index in [1.165, 1.54) is 47.8 Å². The van der Waals surface area contributed by atoms with Crippen molar-refractivity contribution in [3.8, 4) is 0 Å². The highest BCUT2D eigenvalue weighted by Gasteiger charge is 2.11. The van der Waals surface area contributed by atoms with Crippen molar-refractivity contribution in [3.63, 3.8) is 0 Å². The Hall–Kier alpha value is -2.72. The minimum atomic E-state index is -0.520. The summed E-state index contributed by atoms with van der Waals surface area (Å²) < 4.78 is 0. The van der Waals surface area contributed by atoms with Crippen molar-refractivity contribution in [1.29, 1.82) is 0 Å². The number of carbonyl (C=O) groups excluding carboxylic acids is 2. The number of nitrogens with zero attached hydrogens (tertiary/aromatic N) is 2.